The number of hydrogen-bond acceptors (Lipinski definition) is 3. The Balaban J connectivity index is 1.88. The van der Waals surface area contributed by atoms with Gasteiger partial charge in [-0.3, -0.25) is 0 Å². The van der Waals surface area contributed by atoms with Gasteiger partial charge in [0.2, 0.25) is 0 Å². The number of oxazole rings is 1. The maximum absolute atomic E-state index is 5.51. The first-order valence-corrected chi connectivity index (χ1v) is 5.43. The van der Waals surface area contributed by atoms with Gasteiger partial charge in [-0.15, -0.1) is 12.3 Å². The summed E-state index contributed by atoms with van der Waals surface area (Å²) in [4.78, 5) is 4.31. The van der Waals surface area contributed by atoms with E-state index in [4.69, 9.17) is 10.8 Å². The highest BCUT2D eigenvalue weighted by Gasteiger charge is 2.02. The summed E-state index contributed by atoms with van der Waals surface area (Å²) in [6.07, 6.45) is 8.06. The van der Waals surface area contributed by atoms with E-state index in [-0.39, 0.29) is 0 Å². The van der Waals surface area contributed by atoms with E-state index < -0.39 is 0 Å². The van der Waals surface area contributed by atoms with Crippen molar-refractivity contribution in [2.75, 3.05) is 11.9 Å². The van der Waals surface area contributed by atoms with Crippen LogP contribution in [0.15, 0.2) is 28.7 Å². The smallest absolute Gasteiger partial charge is 0.295 e. The van der Waals surface area contributed by atoms with Crippen molar-refractivity contribution >= 4 is 17.1 Å². The number of para-hydroxylation sites is 2. The number of rotatable bonds is 5. The van der Waals surface area contributed by atoms with Crippen LogP contribution in [0.2, 0.25) is 0 Å². The van der Waals surface area contributed by atoms with E-state index in [1.54, 1.807) is 0 Å². The molecule has 0 radical (unpaired) electrons. The molecule has 0 aliphatic carbocycles. The largest absolute Gasteiger partial charge is 0.424 e. The van der Waals surface area contributed by atoms with Crippen LogP contribution in [-0.2, 0) is 0 Å². The van der Waals surface area contributed by atoms with Crippen molar-refractivity contribution in [3.8, 4) is 12.3 Å². The first kappa shape index (κ1) is 10.6. The number of anilines is 1. The molecule has 0 fully saturated rings. The van der Waals surface area contributed by atoms with Crippen LogP contribution in [0.3, 0.4) is 0 Å². The summed E-state index contributed by atoms with van der Waals surface area (Å²) in [5.74, 6) is 2.62. The van der Waals surface area contributed by atoms with Gasteiger partial charge in [-0.25, -0.2) is 0 Å². The van der Waals surface area contributed by atoms with Crippen LogP contribution in [0.4, 0.5) is 6.01 Å². The van der Waals surface area contributed by atoms with Crippen LogP contribution >= 0.6 is 0 Å². The Labute approximate surface area is 94.9 Å². The number of fused-ring (bicyclic) bond motifs is 1. The van der Waals surface area contributed by atoms with Gasteiger partial charge in [0.25, 0.3) is 6.01 Å². The van der Waals surface area contributed by atoms with Crippen molar-refractivity contribution in [1.29, 1.82) is 0 Å². The van der Waals surface area contributed by atoms with Gasteiger partial charge in [-0.2, -0.15) is 4.98 Å². The molecule has 3 nitrogen and oxygen atoms in total. The predicted octanol–water partition coefficient (Wildman–Crippen LogP) is 3.04. The Morgan fingerprint density at radius 3 is 3.00 bits per heavy atom. The van der Waals surface area contributed by atoms with Crippen LogP contribution in [0.5, 0.6) is 0 Å². The van der Waals surface area contributed by atoms with Crippen LogP contribution in [0.1, 0.15) is 19.3 Å². The second-order valence-corrected chi connectivity index (χ2v) is 3.57. The number of hydrogen-bond donors (Lipinski definition) is 1. The van der Waals surface area contributed by atoms with E-state index in [2.05, 4.69) is 16.2 Å². The molecule has 1 heterocycles. The van der Waals surface area contributed by atoms with Crippen molar-refractivity contribution in [2.45, 2.75) is 19.3 Å². The van der Waals surface area contributed by atoms with Crippen molar-refractivity contribution in [1.82, 2.24) is 4.98 Å². The molecule has 1 aromatic carbocycles. The Kier molecular flexibility index (Phi) is 3.45. The molecular weight excluding hydrogens is 200 g/mol. The standard InChI is InChI=1S/C13H14N2O/c1-2-3-4-7-10-14-13-15-11-8-5-6-9-12(11)16-13/h1,5-6,8-9H,3-4,7,10H2,(H,14,15). The average molecular weight is 214 g/mol. The molecule has 0 bridgehead atoms. The molecule has 16 heavy (non-hydrogen) atoms. The molecule has 0 atom stereocenters. The lowest BCUT2D eigenvalue weighted by molar-refractivity contribution is 0.610. The summed E-state index contributed by atoms with van der Waals surface area (Å²) in [5, 5.41) is 3.15. The second kappa shape index (κ2) is 5.22. The minimum atomic E-state index is 0.585. The zero-order valence-electron chi connectivity index (χ0n) is 9.07. The van der Waals surface area contributed by atoms with Crippen LogP contribution in [0, 0.1) is 12.3 Å². The third kappa shape index (κ3) is 2.54. The molecule has 0 amide bonds. The molecule has 2 rings (SSSR count). The highest BCUT2D eigenvalue weighted by atomic mass is 16.4. The maximum atomic E-state index is 5.51. The van der Waals surface area contributed by atoms with Crippen molar-refractivity contribution in [3.05, 3.63) is 24.3 Å². The summed E-state index contributed by atoms with van der Waals surface area (Å²) in [6.45, 7) is 0.842. The first-order chi connectivity index (χ1) is 7.90. The molecule has 82 valence electrons. The van der Waals surface area contributed by atoms with Gasteiger partial charge in [0.15, 0.2) is 5.58 Å². The van der Waals surface area contributed by atoms with E-state index in [0.29, 0.717) is 6.01 Å². The molecule has 1 N–H and O–H groups in total. The van der Waals surface area contributed by atoms with Crippen molar-refractivity contribution < 1.29 is 4.42 Å². The molecule has 0 aliphatic heterocycles. The Morgan fingerprint density at radius 2 is 2.19 bits per heavy atom. The number of nitrogens with zero attached hydrogens (tertiary/aromatic N) is 1. The number of aromatic nitrogens is 1. The van der Waals surface area contributed by atoms with Crippen LogP contribution < -0.4 is 5.32 Å². The molecular formula is C13H14N2O. The fourth-order valence-corrected chi connectivity index (χ4v) is 1.50. The molecule has 0 unspecified atom stereocenters. The molecule has 2 aromatic rings. The average Bonchev–Trinajstić information content (AvgIpc) is 2.71. The Morgan fingerprint density at radius 1 is 1.31 bits per heavy atom. The predicted molar refractivity (Wildman–Crippen MR) is 65.2 cm³/mol. The molecule has 0 aliphatic rings. The lowest BCUT2D eigenvalue weighted by Gasteiger charge is -1.98. The van der Waals surface area contributed by atoms with Gasteiger partial charge in [-0.05, 0) is 25.0 Å². The summed E-state index contributed by atoms with van der Waals surface area (Å²) in [5.41, 5.74) is 1.70. The highest BCUT2D eigenvalue weighted by molar-refractivity contribution is 5.74. The monoisotopic (exact) mass is 214 g/mol. The third-order valence-electron chi connectivity index (χ3n) is 2.32. The van der Waals surface area contributed by atoms with E-state index in [9.17, 15) is 0 Å². The van der Waals surface area contributed by atoms with Gasteiger partial charge in [-0.1, -0.05) is 12.1 Å². The van der Waals surface area contributed by atoms with Crippen molar-refractivity contribution in [3.63, 3.8) is 0 Å². The van der Waals surface area contributed by atoms with E-state index >= 15 is 0 Å². The Hall–Kier alpha value is -1.95. The third-order valence-corrected chi connectivity index (χ3v) is 2.32. The minimum absolute atomic E-state index is 0.585. The van der Waals surface area contributed by atoms with Crippen molar-refractivity contribution in [2.24, 2.45) is 0 Å². The summed E-state index contributed by atoms with van der Waals surface area (Å²) in [6, 6.07) is 8.31. The number of terminal acetylenes is 1. The fourth-order valence-electron chi connectivity index (χ4n) is 1.50. The van der Waals surface area contributed by atoms with Gasteiger partial charge in [0, 0.05) is 13.0 Å². The summed E-state index contributed by atoms with van der Waals surface area (Å²) in [7, 11) is 0. The lowest BCUT2D eigenvalue weighted by Crippen LogP contribution is -2.00. The molecule has 0 spiro atoms. The van der Waals surface area contributed by atoms with Gasteiger partial charge in [0.1, 0.15) is 5.52 Å². The summed E-state index contributed by atoms with van der Waals surface area (Å²) < 4.78 is 5.51. The molecule has 1 aromatic heterocycles. The second-order valence-electron chi connectivity index (χ2n) is 3.57. The molecule has 3 heteroatoms. The number of benzene rings is 1. The van der Waals surface area contributed by atoms with E-state index in [1.807, 2.05) is 24.3 Å². The summed E-state index contributed by atoms with van der Waals surface area (Å²) >= 11 is 0. The number of unbranched alkanes of at least 4 members (excludes halogenated alkanes) is 2. The van der Waals surface area contributed by atoms with Gasteiger partial charge in [0.05, 0.1) is 0 Å². The SMILES string of the molecule is C#CCCCCNc1nc2ccccc2o1. The minimum Gasteiger partial charge on any atom is -0.424 e. The van der Waals surface area contributed by atoms with Crippen LogP contribution in [0.25, 0.3) is 11.1 Å². The Bertz CT molecular complexity index is 463. The first-order valence-electron chi connectivity index (χ1n) is 5.43. The molecule has 0 saturated carbocycles. The van der Waals surface area contributed by atoms with Gasteiger partial charge < -0.3 is 9.73 Å². The topological polar surface area (TPSA) is 38.1 Å². The quantitative estimate of drug-likeness (QED) is 0.614. The van der Waals surface area contributed by atoms with Gasteiger partial charge >= 0.3 is 0 Å². The van der Waals surface area contributed by atoms with Crippen LogP contribution in [-0.4, -0.2) is 11.5 Å². The lowest BCUT2D eigenvalue weighted by atomic mass is 10.2. The highest BCUT2D eigenvalue weighted by Crippen LogP contribution is 2.17. The van der Waals surface area contributed by atoms with E-state index in [0.717, 1.165) is 36.9 Å². The molecule has 0 saturated heterocycles. The zero-order chi connectivity index (χ0) is 11.2. The normalized spacial score (nSPS) is 10.2. The number of nitrogens with one attached hydrogen (secondary N) is 1. The van der Waals surface area contributed by atoms with E-state index in [1.165, 1.54) is 0 Å². The zero-order valence-corrected chi connectivity index (χ0v) is 9.07. The fraction of sp³-hybridized carbons (Fsp3) is 0.308. The maximum Gasteiger partial charge on any atom is 0.295 e.